The van der Waals surface area contributed by atoms with Gasteiger partial charge < -0.3 is 15.0 Å². The van der Waals surface area contributed by atoms with Gasteiger partial charge in [0.15, 0.2) is 5.82 Å². The molecule has 25 heavy (non-hydrogen) atoms. The molecule has 2 aromatic carbocycles. The minimum atomic E-state index is 0.556. The van der Waals surface area contributed by atoms with Crippen LogP contribution in [0.4, 0.5) is 17.5 Å². The van der Waals surface area contributed by atoms with Gasteiger partial charge in [0.05, 0.1) is 13.3 Å². The van der Waals surface area contributed by atoms with E-state index in [0.29, 0.717) is 11.8 Å². The number of benzene rings is 2. The molecule has 0 radical (unpaired) electrons. The van der Waals surface area contributed by atoms with E-state index in [4.69, 9.17) is 4.74 Å². The molecular formula is C19H21N5O. The number of para-hydroxylation sites is 1. The van der Waals surface area contributed by atoms with Crippen LogP contribution in [0.15, 0.2) is 60.8 Å². The van der Waals surface area contributed by atoms with Gasteiger partial charge in [-0.25, -0.2) is 0 Å². The van der Waals surface area contributed by atoms with Crippen LogP contribution in [0.5, 0.6) is 5.75 Å². The zero-order valence-corrected chi connectivity index (χ0v) is 14.4. The number of hydrogen-bond acceptors (Lipinski definition) is 6. The maximum atomic E-state index is 5.17. The quantitative estimate of drug-likeness (QED) is 0.715. The first kappa shape index (κ1) is 16.7. The van der Waals surface area contributed by atoms with E-state index in [9.17, 15) is 0 Å². The molecule has 3 aromatic rings. The van der Waals surface area contributed by atoms with Crippen molar-refractivity contribution >= 4 is 17.5 Å². The van der Waals surface area contributed by atoms with Gasteiger partial charge in [-0.3, -0.25) is 0 Å². The summed E-state index contributed by atoms with van der Waals surface area (Å²) in [5, 5.41) is 11.5. The fourth-order valence-corrected chi connectivity index (χ4v) is 2.42. The first-order chi connectivity index (χ1) is 12.3. The highest BCUT2D eigenvalue weighted by molar-refractivity contribution is 5.56. The Hall–Kier alpha value is -3.15. The van der Waals surface area contributed by atoms with Gasteiger partial charge in [-0.2, -0.15) is 10.1 Å². The van der Waals surface area contributed by atoms with Crippen LogP contribution < -0.4 is 15.0 Å². The van der Waals surface area contributed by atoms with E-state index in [2.05, 4.69) is 32.6 Å². The van der Waals surface area contributed by atoms with Gasteiger partial charge in [0.25, 0.3) is 5.95 Å². The fraction of sp³-hybridized carbons (Fsp3) is 0.211. The molecule has 0 aliphatic heterocycles. The molecule has 0 saturated carbocycles. The van der Waals surface area contributed by atoms with Gasteiger partial charge in [-0.05, 0) is 36.2 Å². The highest BCUT2D eigenvalue weighted by atomic mass is 16.5. The van der Waals surface area contributed by atoms with Crippen LogP contribution in [-0.4, -0.2) is 35.9 Å². The summed E-state index contributed by atoms with van der Waals surface area (Å²) in [7, 11) is 3.59. The second-order valence-corrected chi connectivity index (χ2v) is 5.56. The summed E-state index contributed by atoms with van der Waals surface area (Å²) in [6, 6.07) is 18.0. The molecule has 0 saturated heterocycles. The van der Waals surface area contributed by atoms with Gasteiger partial charge in [0, 0.05) is 19.3 Å². The van der Waals surface area contributed by atoms with Crippen molar-refractivity contribution in [3.8, 4) is 5.75 Å². The smallest absolute Gasteiger partial charge is 0.251 e. The lowest BCUT2D eigenvalue weighted by Gasteiger charge is -2.17. The molecule has 1 heterocycles. The molecule has 0 bridgehead atoms. The molecule has 0 atom stereocenters. The third-order valence-corrected chi connectivity index (χ3v) is 3.87. The van der Waals surface area contributed by atoms with Crippen LogP contribution in [0.2, 0.25) is 0 Å². The number of rotatable bonds is 7. The van der Waals surface area contributed by atoms with E-state index >= 15 is 0 Å². The zero-order valence-electron chi connectivity index (χ0n) is 14.4. The van der Waals surface area contributed by atoms with Crippen LogP contribution in [0.25, 0.3) is 0 Å². The molecule has 128 valence electrons. The van der Waals surface area contributed by atoms with E-state index in [-0.39, 0.29) is 0 Å². The van der Waals surface area contributed by atoms with Crippen LogP contribution in [0.3, 0.4) is 0 Å². The number of nitrogens with one attached hydrogen (secondary N) is 1. The number of hydrogen-bond donors (Lipinski definition) is 1. The summed E-state index contributed by atoms with van der Waals surface area (Å²) in [5.74, 6) is 2.13. The zero-order chi connectivity index (χ0) is 17.5. The van der Waals surface area contributed by atoms with Crippen molar-refractivity contribution < 1.29 is 4.74 Å². The van der Waals surface area contributed by atoms with Crippen LogP contribution in [0, 0.1) is 0 Å². The molecule has 0 unspecified atom stereocenters. The lowest BCUT2D eigenvalue weighted by atomic mass is 10.1. The van der Waals surface area contributed by atoms with Gasteiger partial charge in [-0.15, -0.1) is 5.10 Å². The van der Waals surface area contributed by atoms with Gasteiger partial charge in [0.1, 0.15) is 5.75 Å². The number of nitrogens with zero attached hydrogens (tertiary/aromatic N) is 4. The molecule has 3 rings (SSSR count). The van der Waals surface area contributed by atoms with Gasteiger partial charge in [-0.1, -0.05) is 30.3 Å². The maximum absolute atomic E-state index is 5.17. The van der Waals surface area contributed by atoms with Crippen LogP contribution in [-0.2, 0) is 6.42 Å². The van der Waals surface area contributed by atoms with E-state index in [0.717, 1.165) is 24.4 Å². The molecule has 0 fully saturated rings. The molecule has 6 nitrogen and oxygen atoms in total. The summed E-state index contributed by atoms with van der Waals surface area (Å²) < 4.78 is 5.17. The lowest BCUT2D eigenvalue weighted by Crippen LogP contribution is -2.15. The van der Waals surface area contributed by atoms with Crippen molar-refractivity contribution in [2.75, 3.05) is 30.9 Å². The fourth-order valence-electron chi connectivity index (χ4n) is 2.42. The number of ether oxygens (including phenoxy) is 1. The SMILES string of the molecule is COc1ccc(CCNc2cnnc(N(C)c3ccccc3)n2)cc1. The lowest BCUT2D eigenvalue weighted by molar-refractivity contribution is 0.414. The second kappa shape index (κ2) is 8.10. The molecule has 0 spiro atoms. The Kier molecular flexibility index (Phi) is 5.41. The Morgan fingerprint density at radius 2 is 1.80 bits per heavy atom. The monoisotopic (exact) mass is 335 g/mol. The molecular weight excluding hydrogens is 314 g/mol. The molecule has 0 aliphatic rings. The Balaban J connectivity index is 1.59. The predicted octanol–water partition coefficient (Wildman–Crippen LogP) is 3.30. The number of aromatic nitrogens is 3. The van der Waals surface area contributed by atoms with Crippen molar-refractivity contribution in [2.45, 2.75) is 6.42 Å². The Labute approximate surface area is 147 Å². The molecule has 1 aromatic heterocycles. The van der Waals surface area contributed by atoms with E-state index < -0.39 is 0 Å². The third kappa shape index (κ3) is 4.44. The average Bonchev–Trinajstić information content (AvgIpc) is 2.69. The summed E-state index contributed by atoms with van der Waals surface area (Å²) in [4.78, 5) is 6.43. The highest BCUT2D eigenvalue weighted by Gasteiger charge is 2.08. The Morgan fingerprint density at radius 3 is 2.52 bits per heavy atom. The standard InChI is InChI=1S/C19H21N5O/c1-24(16-6-4-3-5-7-16)19-22-18(14-21-23-19)20-13-12-15-8-10-17(25-2)11-9-15/h3-11,14H,12-13H2,1-2H3,(H,20,22,23). The van der Waals surface area contributed by atoms with Crippen molar-refractivity contribution in [1.29, 1.82) is 0 Å². The predicted molar refractivity (Wildman–Crippen MR) is 99.5 cm³/mol. The van der Waals surface area contributed by atoms with Gasteiger partial charge >= 0.3 is 0 Å². The van der Waals surface area contributed by atoms with E-state index in [1.807, 2.05) is 54.4 Å². The van der Waals surface area contributed by atoms with Crippen LogP contribution >= 0.6 is 0 Å². The number of anilines is 3. The molecule has 6 heteroatoms. The van der Waals surface area contributed by atoms with E-state index in [1.165, 1.54) is 5.56 Å². The van der Waals surface area contributed by atoms with Crippen molar-refractivity contribution in [1.82, 2.24) is 15.2 Å². The van der Waals surface area contributed by atoms with Crippen molar-refractivity contribution in [3.63, 3.8) is 0 Å². The third-order valence-electron chi connectivity index (χ3n) is 3.87. The Morgan fingerprint density at radius 1 is 1.04 bits per heavy atom. The molecule has 0 aliphatic carbocycles. The summed E-state index contributed by atoms with van der Waals surface area (Å²) in [6.07, 6.45) is 2.52. The largest absolute Gasteiger partial charge is 0.497 e. The first-order valence-electron chi connectivity index (χ1n) is 8.11. The highest BCUT2D eigenvalue weighted by Crippen LogP contribution is 2.19. The topological polar surface area (TPSA) is 63.2 Å². The molecule has 1 N–H and O–H groups in total. The Bertz CT molecular complexity index is 792. The maximum Gasteiger partial charge on any atom is 0.251 e. The summed E-state index contributed by atoms with van der Waals surface area (Å²) in [6.45, 7) is 0.763. The van der Waals surface area contributed by atoms with Crippen molar-refractivity contribution in [3.05, 3.63) is 66.4 Å². The summed E-state index contributed by atoms with van der Waals surface area (Å²) in [5.41, 5.74) is 2.25. The normalized spacial score (nSPS) is 10.3. The van der Waals surface area contributed by atoms with E-state index in [1.54, 1.807) is 13.3 Å². The first-order valence-corrected chi connectivity index (χ1v) is 8.11. The summed E-state index contributed by atoms with van der Waals surface area (Å²) >= 11 is 0. The number of methoxy groups -OCH3 is 1. The van der Waals surface area contributed by atoms with Crippen LogP contribution in [0.1, 0.15) is 5.56 Å². The average molecular weight is 335 g/mol. The molecule has 0 amide bonds. The second-order valence-electron chi connectivity index (χ2n) is 5.56. The minimum absolute atomic E-state index is 0.556. The van der Waals surface area contributed by atoms with Gasteiger partial charge in [0.2, 0.25) is 0 Å². The van der Waals surface area contributed by atoms with Crippen molar-refractivity contribution in [2.24, 2.45) is 0 Å². The minimum Gasteiger partial charge on any atom is -0.497 e.